The molecule has 2 amide bonds. The predicted octanol–water partition coefficient (Wildman–Crippen LogP) is 5.87. The van der Waals surface area contributed by atoms with Crippen molar-refractivity contribution in [3.05, 3.63) is 33.9 Å². The maximum absolute atomic E-state index is 15.7. The Hall–Kier alpha value is -3.30. The number of nitrogens with one attached hydrogen (secondary N) is 2. The van der Waals surface area contributed by atoms with E-state index >= 15 is 4.39 Å². The Balaban J connectivity index is 1.63. The van der Waals surface area contributed by atoms with E-state index in [1.807, 2.05) is 39.5 Å². The standard InChI is InChI=1S/C29H41FN4O5/c1-16-23-19(14-22(25(35)34(23)20-9-10-20)32-27(37)39-29(6,7)8)13-21(30)24(16)33-12-11-18(15-33)17(2)31-26(36)38-28(3,4)5/h13-14,17-18,20H,9-12,15H2,1-8H3,(H,31,36)(H,32,37)/t17-,18+/m0/s1. The third kappa shape index (κ3) is 6.65. The number of ether oxygens (including phenoxy) is 2. The highest BCUT2D eigenvalue weighted by Gasteiger charge is 2.34. The van der Waals surface area contributed by atoms with Crippen molar-refractivity contribution < 1.29 is 23.5 Å². The van der Waals surface area contributed by atoms with Gasteiger partial charge in [0.1, 0.15) is 22.7 Å². The van der Waals surface area contributed by atoms with E-state index in [1.54, 1.807) is 25.3 Å². The van der Waals surface area contributed by atoms with E-state index in [0.717, 1.165) is 19.3 Å². The van der Waals surface area contributed by atoms with Gasteiger partial charge in [-0.1, -0.05) is 0 Å². The number of aromatic nitrogens is 1. The van der Waals surface area contributed by atoms with Gasteiger partial charge in [0.05, 0.1) is 11.2 Å². The number of hydrogen-bond donors (Lipinski definition) is 2. The molecule has 2 fully saturated rings. The largest absolute Gasteiger partial charge is 0.444 e. The van der Waals surface area contributed by atoms with Gasteiger partial charge in [-0.15, -0.1) is 0 Å². The van der Waals surface area contributed by atoms with Gasteiger partial charge in [0.25, 0.3) is 5.56 Å². The molecule has 4 rings (SSSR count). The topological polar surface area (TPSA) is 102 Å². The number of halogens is 1. The van der Waals surface area contributed by atoms with Gasteiger partial charge in [-0.25, -0.2) is 14.0 Å². The molecule has 0 spiro atoms. The molecule has 0 bridgehead atoms. The molecule has 9 nitrogen and oxygen atoms in total. The van der Waals surface area contributed by atoms with Gasteiger partial charge >= 0.3 is 12.2 Å². The molecule has 1 aliphatic carbocycles. The summed E-state index contributed by atoms with van der Waals surface area (Å²) in [4.78, 5) is 40.2. The average Bonchev–Trinajstić information content (AvgIpc) is 3.48. The molecule has 1 aromatic heterocycles. The van der Waals surface area contributed by atoms with Crippen LogP contribution < -0.4 is 21.1 Å². The molecule has 2 atom stereocenters. The van der Waals surface area contributed by atoms with E-state index < -0.39 is 29.2 Å². The van der Waals surface area contributed by atoms with Gasteiger partial charge in [0.15, 0.2) is 0 Å². The fourth-order valence-electron chi connectivity index (χ4n) is 5.24. The van der Waals surface area contributed by atoms with Crippen LogP contribution in [0.1, 0.15) is 79.3 Å². The first-order chi connectivity index (χ1) is 18.0. The van der Waals surface area contributed by atoms with Crippen molar-refractivity contribution in [1.29, 1.82) is 0 Å². The summed E-state index contributed by atoms with van der Waals surface area (Å²) in [6, 6.07) is 2.81. The lowest BCUT2D eigenvalue weighted by Crippen LogP contribution is -2.42. The van der Waals surface area contributed by atoms with Gasteiger partial charge in [-0.2, -0.15) is 0 Å². The van der Waals surface area contributed by atoms with Crippen molar-refractivity contribution in [2.75, 3.05) is 23.3 Å². The second-order valence-corrected chi connectivity index (χ2v) is 12.8. The summed E-state index contributed by atoms with van der Waals surface area (Å²) < 4.78 is 28.1. The van der Waals surface area contributed by atoms with Crippen LogP contribution in [0.5, 0.6) is 0 Å². The number of carbonyl (C=O) groups is 2. The quantitative estimate of drug-likeness (QED) is 0.488. The highest BCUT2D eigenvalue weighted by molar-refractivity contribution is 5.93. The lowest BCUT2D eigenvalue weighted by molar-refractivity contribution is 0.0493. The van der Waals surface area contributed by atoms with Crippen molar-refractivity contribution in [2.45, 2.75) is 97.9 Å². The maximum atomic E-state index is 15.7. The molecule has 39 heavy (non-hydrogen) atoms. The summed E-state index contributed by atoms with van der Waals surface area (Å²) in [5, 5.41) is 6.02. The third-order valence-electron chi connectivity index (χ3n) is 7.02. The normalized spacial score (nSPS) is 18.7. The Bertz CT molecular complexity index is 1340. The molecule has 1 aliphatic heterocycles. The second-order valence-electron chi connectivity index (χ2n) is 12.8. The van der Waals surface area contributed by atoms with Crippen molar-refractivity contribution in [1.82, 2.24) is 9.88 Å². The zero-order valence-electron chi connectivity index (χ0n) is 24.2. The fraction of sp³-hybridized carbons (Fsp3) is 0.621. The number of pyridine rings is 1. The van der Waals surface area contributed by atoms with Crippen molar-refractivity contribution in [2.24, 2.45) is 5.92 Å². The minimum atomic E-state index is -0.729. The summed E-state index contributed by atoms with van der Waals surface area (Å²) in [6.07, 6.45) is 1.27. The molecule has 0 radical (unpaired) electrons. The maximum Gasteiger partial charge on any atom is 0.412 e. The van der Waals surface area contributed by atoms with Gasteiger partial charge in [-0.3, -0.25) is 10.1 Å². The first kappa shape index (κ1) is 28.7. The molecular formula is C29H41FN4O5. The zero-order valence-corrected chi connectivity index (χ0v) is 24.2. The first-order valence-corrected chi connectivity index (χ1v) is 13.7. The Morgan fingerprint density at radius 3 is 2.23 bits per heavy atom. The molecule has 2 heterocycles. The number of benzene rings is 1. The van der Waals surface area contributed by atoms with Crippen LogP contribution in [-0.2, 0) is 9.47 Å². The number of hydrogen-bond acceptors (Lipinski definition) is 6. The van der Waals surface area contributed by atoms with Crippen LogP contribution in [0.15, 0.2) is 16.9 Å². The monoisotopic (exact) mass is 544 g/mol. The Kier molecular flexibility index (Phi) is 7.62. The van der Waals surface area contributed by atoms with E-state index in [0.29, 0.717) is 35.2 Å². The van der Waals surface area contributed by atoms with Crippen LogP contribution in [0.2, 0.25) is 0 Å². The van der Waals surface area contributed by atoms with Crippen LogP contribution in [0, 0.1) is 18.7 Å². The highest BCUT2D eigenvalue weighted by atomic mass is 19.1. The number of alkyl carbamates (subject to hydrolysis) is 1. The zero-order chi connectivity index (χ0) is 28.9. The molecule has 1 saturated carbocycles. The molecule has 2 aliphatic rings. The Labute approximate surface area is 229 Å². The minimum absolute atomic E-state index is 0.00164. The lowest BCUT2D eigenvalue weighted by atomic mass is 10.0. The van der Waals surface area contributed by atoms with E-state index in [4.69, 9.17) is 9.47 Å². The Morgan fingerprint density at radius 1 is 1.03 bits per heavy atom. The third-order valence-corrected chi connectivity index (χ3v) is 7.02. The van der Waals surface area contributed by atoms with Crippen molar-refractivity contribution in [3.8, 4) is 0 Å². The van der Waals surface area contributed by atoms with E-state index in [1.165, 1.54) is 12.1 Å². The van der Waals surface area contributed by atoms with Gasteiger partial charge in [0.2, 0.25) is 0 Å². The van der Waals surface area contributed by atoms with Gasteiger partial charge in [0, 0.05) is 30.6 Å². The number of nitrogens with zero attached hydrogens (tertiary/aromatic N) is 2. The first-order valence-electron chi connectivity index (χ1n) is 13.7. The molecule has 10 heteroatoms. The van der Waals surface area contributed by atoms with E-state index in [9.17, 15) is 14.4 Å². The summed E-state index contributed by atoms with van der Waals surface area (Å²) in [7, 11) is 0. The number of amides is 2. The highest BCUT2D eigenvalue weighted by Crippen LogP contribution is 2.41. The van der Waals surface area contributed by atoms with Crippen molar-refractivity contribution >= 4 is 34.5 Å². The fourth-order valence-corrected chi connectivity index (χ4v) is 5.24. The molecule has 214 valence electrons. The Morgan fingerprint density at radius 2 is 1.64 bits per heavy atom. The van der Waals surface area contributed by atoms with Crippen molar-refractivity contribution in [3.63, 3.8) is 0 Å². The van der Waals surface area contributed by atoms with Gasteiger partial charge < -0.3 is 24.3 Å². The number of anilines is 2. The number of aryl methyl sites for hydroxylation is 1. The molecule has 2 N–H and O–H groups in total. The smallest absolute Gasteiger partial charge is 0.412 e. The van der Waals surface area contributed by atoms with Crippen LogP contribution in [-0.4, -0.2) is 47.1 Å². The minimum Gasteiger partial charge on any atom is -0.444 e. The SMILES string of the molecule is Cc1c(N2CC[C@@H]([C@H](C)NC(=O)OC(C)(C)C)C2)c(F)cc2cc(NC(=O)OC(C)(C)C)c(=O)n(C3CC3)c12. The number of rotatable bonds is 5. The summed E-state index contributed by atoms with van der Waals surface area (Å²) in [6.45, 7) is 15.6. The van der Waals surface area contributed by atoms with E-state index in [-0.39, 0.29) is 29.2 Å². The van der Waals surface area contributed by atoms with E-state index in [2.05, 4.69) is 10.6 Å². The number of carbonyl (C=O) groups excluding carboxylic acids is 2. The molecule has 0 unspecified atom stereocenters. The second kappa shape index (κ2) is 10.4. The summed E-state index contributed by atoms with van der Waals surface area (Å²) >= 11 is 0. The number of fused-ring (bicyclic) bond motifs is 1. The van der Waals surface area contributed by atoms with Crippen LogP contribution in [0.4, 0.5) is 25.4 Å². The molecule has 1 saturated heterocycles. The average molecular weight is 545 g/mol. The van der Waals surface area contributed by atoms with Crippen LogP contribution in [0.3, 0.4) is 0 Å². The van der Waals surface area contributed by atoms with Crippen LogP contribution >= 0.6 is 0 Å². The molecular weight excluding hydrogens is 503 g/mol. The molecule has 1 aromatic carbocycles. The van der Waals surface area contributed by atoms with Gasteiger partial charge in [-0.05, 0) is 98.3 Å². The summed E-state index contributed by atoms with van der Waals surface area (Å²) in [5.74, 6) is -0.282. The van der Waals surface area contributed by atoms with Crippen LogP contribution in [0.25, 0.3) is 10.9 Å². The lowest BCUT2D eigenvalue weighted by Gasteiger charge is -2.27. The summed E-state index contributed by atoms with van der Waals surface area (Å²) in [5.41, 5.74) is 0.265. The predicted molar refractivity (Wildman–Crippen MR) is 150 cm³/mol. The molecule has 2 aromatic rings.